The van der Waals surface area contributed by atoms with Crippen LogP contribution in [0.2, 0.25) is 0 Å². The monoisotopic (exact) mass is 425 g/mol. The fourth-order valence-corrected chi connectivity index (χ4v) is 4.39. The maximum Gasteiger partial charge on any atom is 0.337 e. The first-order valence-electron chi connectivity index (χ1n) is 10.4. The number of aromatic carboxylic acids is 1. The summed E-state index contributed by atoms with van der Waals surface area (Å²) >= 11 is 1.30. The van der Waals surface area contributed by atoms with E-state index in [-0.39, 0.29) is 17.2 Å². The van der Waals surface area contributed by atoms with E-state index in [2.05, 4.69) is 12.2 Å². The number of thiophene rings is 1. The molecule has 0 radical (unpaired) electrons. The first kappa shape index (κ1) is 21.8. The molecule has 1 aromatic heterocycles. The summed E-state index contributed by atoms with van der Waals surface area (Å²) in [5.74, 6) is -1.41. The third kappa shape index (κ3) is 5.39. The summed E-state index contributed by atoms with van der Waals surface area (Å²) in [6, 6.07) is 14.0. The number of carbonyl (C=O) groups is 2. The minimum Gasteiger partial charge on any atom is -0.483 e. The Morgan fingerprint density at radius 2 is 1.60 bits per heavy atom. The molecule has 6 heteroatoms. The normalized spacial score (nSPS) is 10.8. The number of anilines is 1. The fraction of sp³-hybridized carbons (Fsp3) is 0.333. The van der Waals surface area contributed by atoms with Crippen molar-refractivity contribution in [2.45, 2.75) is 45.4 Å². The second-order valence-electron chi connectivity index (χ2n) is 7.19. The van der Waals surface area contributed by atoms with Crippen molar-refractivity contribution >= 4 is 39.7 Å². The Bertz CT molecular complexity index is 1010. The Balaban J connectivity index is 1.72. The van der Waals surface area contributed by atoms with Crippen molar-refractivity contribution in [3.8, 4) is 5.06 Å². The highest BCUT2D eigenvalue weighted by atomic mass is 32.1. The minimum atomic E-state index is -1.08. The van der Waals surface area contributed by atoms with Gasteiger partial charge in [0, 0.05) is 10.8 Å². The molecule has 0 bridgehead atoms. The van der Waals surface area contributed by atoms with E-state index in [9.17, 15) is 14.7 Å². The van der Waals surface area contributed by atoms with Gasteiger partial charge in [-0.05, 0) is 24.6 Å². The van der Waals surface area contributed by atoms with E-state index in [1.54, 1.807) is 18.2 Å². The number of carboxylic acids is 1. The highest BCUT2D eigenvalue weighted by molar-refractivity contribution is 7.17. The van der Waals surface area contributed by atoms with E-state index in [0.717, 1.165) is 28.7 Å². The Kier molecular flexibility index (Phi) is 7.85. The van der Waals surface area contributed by atoms with Crippen LogP contribution in [-0.2, 0) is 0 Å². The lowest BCUT2D eigenvalue weighted by molar-refractivity contribution is 0.0698. The molecule has 1 heterocycles. The summed E-state index contributed by atoms with van der Waals surface area (Å²) in [7, 11) is 0. The van der Waals surface area contributed by atoms with E-state index in [0.29, 0.717) is 11.5 Å². The molecule has 0 unspecified atom stereocenters. The van der Waals surface area contributed by atoms with Crippen LogP contribution in [-0.4, -0.2) is 23.6 Å². The molecule has 3 aromatic rings. The maximum absolute atomic E-state index is 12.9. The smallest absolute Gasteiger partial charge is 0.337 e. The highest BCUT2D eigenvalue weighted by Crippen LogP contribution is 2.38. The van der Waals surface area contributed by atoms with Crippen LogP contribution in [0.4, 0.5) is 5.69 Å². The van der Waals surface area contributed by atoms with Crippen molar-refractivity contribution in [2.75, 3.05) is 11.9 Å². The molecule has 0 aliphatic heterocycles. The molecule has 2 N–H and O–H groups in total. The molecule has 2 aromatic carbocycles. The molecule has 5 nitrogen and oxygen atoms in total. The van der Waals surface area contributed by atoms with E-state index < -0.39 is 5.97 Å². The van der Waals surface area contributed by atoms with Gasteiger partial charge in [-0.25, -0.2) is 4.79 Å². The molecule has 0 spiro atoms. The van der Waals surface area contributed by atoms with E-state index in [1.807, 2.05) is 24.3 Å². The molecule has 0 saturated carbocycles. The van der Waals surface area contributed by atoms with Gasteiger partial charge in [-0.1, -0.05) is 80.7 Å². The van der Waals surface area contributed by atoms with Gasteiger partial charge < -0.3 is 15.2 Å². The number of carboxylic acid groups (broad SMARTS) is 1. The van der Waals surface area contributed by atoms with E-state index in [1.165, 1.54) is 43.1 Å². The number of hydrogen-bond acceptors (Lipinski definition) is 4. The zero-order valence-electron chi connectivity index (χ0n) is 17.1. The van der Waals surface area contributed by atoms with Crippen LogP contribution >= 0.6 is 11.3 Å². The number of rotatable bonds is 11. The van der Waals surface area contributed by atoms with Crippen molar-refractivity contribution in [3.63, 3.8) is 0 Å². The Morgan fingerprint density at radius 1 is 0.933 bits per heavy atom. The van der Waals surface area contributed by atoms with Crippen LogP contribution in [0, 0.1) is 0 Å². The number of nitrogens with one attached hydrogen (secondary N) is 1. The summed E-state index contributed by atoms with van der Waals surface area (Å²) in [5, 5.41) is 14.5. The quantitative estimate of drug-likeness (QED) is 0.340. The molecule has 0 atom stereocenters. The van der Waals surface area contributed by atoms with Gasteiger partial charge in [0.25, 0.3) is 5.91 Å². The van der Waals surface area contributed by atoms with E-state index in [4.69, 9.17) is 4.74 Å². The molecular weight excluding hydrogens is 398 g/mol. The molecular formula is C24H27NO4S. The highest BCUT2D eigenvalue weighted by Gasteiger charge is 2.20. The molecule has 0 saturated heterocycles. The molecule has 3 rings (SSSR count). The van der Waals surface area contributed by atoms with Gasteiger partial charge in [0.05, 0.1) is 17.9 Å². The van der Waals surface area contributed by atoms with Crippen LogP contribution in [0.25, 0.3) is 10.8 Å². The molecule has 1 amide bonds. The van der Waals surface area contributed by atoms with Crippen molar-refractivity contribution < 1.29 is 19.4 Å². The van der Waals surface area contributed by atoms with E-state index >= 15 is 0 Å². The first-order valence-corrected chi connectivity index (χ1v) is 11.2. The molecule has 0 aliphatic carbocycles. The van der Waals surface area contributed by atoms with Gasteiger partial charge in [-0.3, -0.25) is 4.79 Å². The summed E-state index contributed by atoms with van der Waals surface area (Å²) in [5.41, 5.74) is 0.341. The number of benzene rings is 2. The van der Waals surface area contributed by atoms with Crippen LogP contribution in [0.5, 0.6) is 5.06 Å². The summed E-state index contributed by atoms with van der Waals surface area (Å²) in [4.78, 5) is 24.9. The average Bonchev–Trinajstić information content (AvgIpc) is 3.12. The number of amides is 1. The van der Waals surface area contributed by atoms with Crippen LogP contribution < -0.4 is 10.1 Å². The van der Waals surface area contributed by atoms with Gasteiger partial charge in [0.1, 0.15) is 4.88 Å². The molecule has 0 aliphatic rings. The first-order chi connectivity index (χ1) is 14.6. The Labute approximate surface area is 180 Å². The molecule has 0 fully saturated rings. The van der Waals surface area contributed by atoms with Gasteiger partial charge in [0.2, 0.25) is 0 Å². The van der Waals surface area contributed by atoms with Gasteiger partial charge >= 0.3 is 5.97 Å². The maximum atomic E-state index is 12.9. The SMILES string of the molecule is CCCCCCCCOc1sc(C(=O)Nc2ccccc2C(=O)O)c2ccccc12. The van der Waals surface area contributed by atoms with Crippen molar-refractivity contribution in [3.05, 3.63) is 59.0 Å². The lowest BCUT2D eigenvalue weighted by Gasteiger charge is -2.07. The lowest BCUT2D eigenvalue weighted by atomic mass is 10.1. The zero-order chi connectivity index (χ0) is 21.3. The Hall–Kier alpha value is -2.86. The molecule has 158 valence electrons. The predicted molar refractivity (Wildman–Crippen MR) is 122 cm³/mol. The van der Waals surface area contributed by atoms with Crippen molar-refractivity contribution in [1.82, 2.24) is 0 Å². The number of ether oxygens (including phenoxy) is 1. The topological polar surface area (TPSA) is 75.6 Å². The van der Waals surface area contributed by atoms with Crippen molar-refractivity contribution in [1.29, 1.82) is 0 Å². The largest absolute Gasteiger partial charge is 0.483 e. The lowest BCUT2D eigenvalue weighted by Crippen LogP contribution is -2.13. The number of hydrogen-bond donors (Lipinski definition) is 2. The minimum absolute atomic E-state index is 0.0614. The molecule has 30 heavy (non-hydrogen) atoms. The van der Waals surface area contributed by atoms with Gasteiger partial charge in [-0.2, -0.15) is 0 Å². The standard InChI is InChI=1S/C24H27NO4S/c1-2-3-4-5-6-11-16-29-24-18-13-8-7-12-17(18)21(30-24)22(26)25-20-15-10-9-14-19(20)23(27)28/h7-10,12-15H,2-6,11,16H2,1H3,(H,25,26)(H,27,28). The second-order valence-corrected chi connectivity index (χ2v) is 8.17. The van der Waals surface area contributed by atoms with Crippen molar-refractivity contribution in [2.24, 2.45) is 0 Å². The third-order valence-corrected chi connectivity index (χ3v) is 6.06. The van der Waals surface area contributed by atoms with Crippen LogP contribution in [0.1, 0.15) is 65.5 Å². The van der Waals surface area contributed by atoms with Crippen LogP contribution in [0.3, 0.4) is 0 Å². The number of carbonyl (C=O) groups excluding carboxylic acids is 1. The van der Waals surface area contributed by atoms with Gasteiger partial charge in [0.15, 0.2) is 5.06 Å². The fourth-order valence-electron chi connectivity index (χ4n) is 3.34. The summed E-state index contributed by atoms with van der Waals surface area (Å²) in [6.45, 7) is 2.83. The number of unbranched alkanes of at least 4 members (excludes halogenated alkanes) is 5. The summed E-state index contributed by atoms with van der Waals surface area (Å²) < 4.78 is 6.01. The predicted octanol–water partition coefficient (Wildman–Crippen LogP) is 6.59. The average molecular weight is 426 g/mol. The van der Waals surface area contributed by atoms with Gasteiger partial charge in [-0.15, -0.1) is 0 Å². The Morgan fingerprint density at radius 3 is 2.37 bits per heavy atom. The third-order valence-electron chi connectivity index (χ3n) is 4.93. The zero-order valence-corrected chi connectivity index (χ0v) is 18.0. The van der Waals surface area contributed by atoms with Crippen LogP contribution in [0.15, 0.2) is 48.5 Å². The number of para-hydroxylation sites is 1. The number of fused-ring (bicyclic) bond motifs is 1. The second kappa shape index (κ2) is 10.8. The summed E-state index contributed by atoms with van der Waals surface area (Å²) in [6.07, 6.45) is 7.13.